The van der Waals surface area contributed by atoms with Crippen LogP contribution in [0.4, 0.5) is 0 Å². The SMILES string of the molecule is CCNC(=NCc1ncc(CC)s1)NC1CCN(Cc2ccccc2)C(C)C1. The van der Waals surface area contributed by atoms with Crippen LogP contribution in [0, 0.1) is 0 Å². The molecule has 152 valence electrons. The number of likely N-dealkylation sites (tertiary alicyclic amines) is 1. The lowest BCUT2D eigenvalue weighted by Gasteiger charge is -2.38. The molecule has 1 saturated heterocycles. The molecule has 0 spiro atoms. The van der Waals surface area contributed by atoms with E-state index in [-0.39, 0.29) is 0 Å². The van der Waals surface area contributed by atoms with Gasteiger partial charge in [-0.05, 0) is 38.7 Å². The highest BCUT2D eigenvalue weighted by atomic mass is 32.1. The predicted molar refractivity (Wildman–Crippen MR) is 119 cm³/mol. The number of aryl methyl sites for hydroxylation is 1. The maximum absolute atomic E-state index is 4.77. The molecule has 0 radical (unpaired) electrons. The second-order valence-electron chi connectivity index (χ2n) is 7.44. The van der Waals surface area contributed by atoms with Gasteiger partial charge in [0.05, 0.1) is 6.54 Å². The zero-order valence-electron chi connectivity index (χ0n) is 17.3. The first-order valence-corrected chi connectivity index (χ1v) is 11.3. The third-order valence-electron chi connectivity index (χ3n) is 5.25. The number of piperidine rings is 1. The maximum Gasteiger partial charge on any atom is 0.191 e. The number of aliphatic imine (C=N–C) groups is 1. The molecule has 1 aliphatic rings. The quantitative estimate of drug-likeness (QED) is 0.549. The molecule has 6 heteroatoms. The molecule has 0 amide bonds. The van der Waals surface area contributed by atoms with Gasteiger partial charge in [-0.25, -0.2) is 9.98 Å². The number of guanidine groups is 1. The van der Waals surface area contributed by atoms with Crippen LogP contribution in [0.15, 0.2) is 41.5 Å². The highest BCUT2D eigenvalue weighted by molar-refractivity contribution is 7.11. The van der Waals surface area contributed by atoms with Crippen LogP contribution in [-0.2, 0) is 19.5 Å². The van der Waals surface area contributed by atoms with E-state index in [1.807, 2.05) is 6.20 Å². The summed E-state index contributed by atoms with van der Waals surface area (Å²) < 4.78 is 0. The van der Waals surface area contributed by atoms with Gasteiger partial charge in [-0.2, -0.15) is 0 Å². The molecule has 0 saturated carbocycles. The standard InChI is InChI=1S/C22H33N5S/c1-4-20-14-24-21(28-20)15-25-22(23-5-2)26-19-11-12-27(17(3)13-19)16-18-9-7-6-8-10-18/h6-10,14,17,19H,4-5,11-13,15-16H2,1-3H3,(H2,23,25,26). The average Bonchev–Trinajstić information content (AvgIpc) is 3.17. The monoisotopic (exact) mass is 399 g/mol. The Morgan fingerprint density at radius 1 is 1.29 bits per heavy atom. The molecule has 0 bridgehead atoms. The van der Waals surface area contributed by atoms with Crippen LogP contribution >= 0.6 is 11.3 Å². The fourth-order valence-corrected chi connectivity index (χ4v) is 4.44. The number of nitrogens with one attached hydrogen (secondary N) is 2. The van der Waals surface area contributed by atoms with Crippen LogP contribution in [-0.4, -0.2) is 41.0 Å². The van der Waals surface area contributed by atoms with Gasteiger partial charge in [0.1, 0.15) is 5.01 Å². The molecule has 28 heavy (non-hydrogen) atoms. The summed E-state index contributed by atoms with van der Waals surface area (Å²) in [5.41, 5.74) is 1.39. The number of aromatic nitrogens is 1. The summed E-state index contributed by atoms with van der Waals surface area (Å²) in [6.07, 6.45) is 5.28. The van der Waals surface area contributed by atoms with Gasteiger partial charge in [0.25, 0.3) is 0 Å². The molecule has 2 heterocycles. The minimum Gasteiger partial charge on any atom is -0.357 e. The van der Waals surface area contributed by atoms with Crippen molar-refractivity contribution in [1.29, 1.82) is 0 Å². The van der Waals surface area contributed by atoms with Gasteiger partial charge in [0.2, 0.25) is 0 Å². The Balaban J connectivity index is 1.53. The molecule has 3 rings (SSSR count). The molecule has 2 unspecified atom stereocenters. The Morgan fingerprint density at radius 2 is 2.11 bits per heavy atom. The van der Waals surface area contributed by atoms with Crippen molar-refractivity contribution in [1.82, 2.24) is 20.5 Å². The van der Waals surface area contributed by atoms with E-state index in [2.05, 4.69) is 71.6 Å². The lowest BCUT2D eigenvalue weighted by Crippen LogP contribution is -2.51. The van der Waals surface area contributed by atoms with Crippen molar-refractivity contribution in [2.24, 2.45) is 4.99 Å². The number of hydrogen-bond donors (Lipinski definition) is 2. The highest BCUT2D eigenvalue weighted by Crippen LogP contribution is 2.20. The van der Waals surface area contributed by atoms with Crippen LogP contribution in [0.3, 0.4) is 0 Å². The third kappa shape index (κ3) is 6.04. The fraction of sp³-hybridized carbons (Fsp3) is 0.545. The molecule has 1 aromatic carbocycles. The Labute approximate surface area is 173 Å². The zero-order chi connectivity index (χ0) is 19.8. The molecular formula is C22H33N5S. The van der Waals surface area contributed by atoms with Crippen molar-refractivity contribution >= 4 is 17.3 Å². The Kier molecular flexibility index (Phi) is 7.86. The summed E-state index contributed by atoms with van der Waals surface area (Å²) >= 11 is 1.76. The van der Waals surface area contributed by atoms with Crippen molar-refractivity contribution in [3.8, 4) is 0 Å². The molecule has 2 aromatic rings. The molecule has 5 nitrogen and oxygen atoms in total. The summed E-state index contributed by atoms with van der Waals surface area (Å²) in [5.74, 6) is 0.907. The molecule has 2 atom stereocenters. The van der Waals surface area contributed by atoms with Crippen molar-refractivity contribution in [3.63, 3.8) is 0 Å². The van der Waals surface area contributed by atoms with Gasteiger partial charge in [0, 0.05) is 42.8 Å². The summed E-state index contributed by atoms with van der Waals surface area (Å²) in [5, 5.41) is 8.12. The van der Waals surface area contributed by atoms with E-state index < -0.39 is 0 Å². The molecule has 0 aliphatic carbocycles. The number of hydrogen-bond acceptors (Lipinski definition) is 4. The number of thiazole rings is 1. The Bertz CT molecular complexity index is 742. The topological polar surface area (TPSA) is 52.6 Å². The van der Waals surface area contributed by atoms with E-state index in [9.17, 15) is 0 Å². The number of nitrogens with zero attached hydrogens (tertiary/aromatic N) is 3. The van der Waals surface area contributed by atoms with Crippen molar-refractivity contribution < 1.29 is 0 Å². The lowest BCUT2D eigenvalue weighted by atomic mass is 9.97. The third-order valence-corrected chi connectivity index (χ3v) is 6.38. The Morgan fingerprint density at radius 3 is 2.79 bits per heavy atom. The smallest absolute Gasteiger partial charge is 0.191 e. The van der Waals surface area contributed by atoms with E-state index in [4.69, 9.17) is 4.99 Å². The second kappa shape index (κ2) is 10.6. The predicted octanol–water partition coefficient (Wildman–Crippen LogP) is 3.81. The average molecular weight is 400 g/mol. The lowest BCUT2D eigenvalue weighted by molar-refractivity contribution is 0.134. The summed E-state index contributed by atoms with van der Waals surface area (Å²) in [7, 11) is 0. The number of rotatable bonds is 7. The summed E-state index contributed by atoms with van der Waals surface area (Å²) in [6.45, 7) is 10.3. The van der Waals surface area contributed by atoms with Crippen LogP contribution in [0.1, 0.15) is 49.1 Å². The largest absolute Gasteiger partial charge is 0.357 e. The van der Waals surface area contributed by atoms with Gasteiger partial charge in [0.15, 0.2) is 5.96 Å². The van der Waals surface area contributed by atoms with Crippen molar-refractivity contribution in [3.05, 3.63) is 52.0 Å². The first-order valence-electron chi connectivity index (χ1n) is 10.4. The van der Waals surface area contributed by atoms with Crippen molar-refractivity contribution in [2.75, 3.05) is 13.1 Å². The van der Waals surface area contributed by atoms with Gasteiger partial charge in [-0.1, -0.05) is 37.3 Å². The number of benzene rings is 1. The Hall–Kier alpha value is -1.92. The second-order valence-corrected chi connectivity index (χ2v) is 8.64. The van der Waals surface area contributed by atoms with E-state index in [0.717, 1.165) is 49.9 Å². The van der Waals surface area contributed by atoms with E-state index in [0.29, 0.717) is 18.6 Å². The van der Waals surface area contributed by atoms with Gasteiger partial charge < -0.3 is 10.6 Å². The van der Waals surface area contributed by atoms with Crippen molar-refractivity contribution in [2.45, 2.75) is 65.2 Å². The van der Waals surface area contributed by atoms with E-state index in [1.165, 1.54) is 10.4 Å². The minimum atomic E-state index is 0.460. The van der Waals surface area contributed by atoms with E-state index >= 15 is 0 Å². The normalized spacial score (nSPS) is 20.9. The maximum atomic E-state index is 4.77. The van der Waals surface area contributed by atoms with Gasteiger partial charge in [-0.3, -0.25) is 4.90 Å². The molecule has 2 N–H and O–H groups in total. The van der Waals surface area contributed by atoms with Crippen LogP contribution in [0.25, 0.3) is 0 Å². The van der Waals surface area contributed by atoms with Crippen LogP contribution in [0.5, 0.6) is 0 Å². The molecular weight excluding hydrogens is 366 g/mol. The highest BCUT2D eigenvalue weighted by Gasteiger charge is 2.25. The molecule has 1 aliphatic heterocycles. The van der Waals surface area contributed by atoms with Crippen LogP contribution in [0.2, 0.25) is 0 Å². The van der Waals surface area contributed by atoms with Gasteiger partial charge >= 0.3 is 0 Å². The first-order chi connectivity index (χ1) is 13.7. The van der Waals surface area contributed by atoms with Gasteiger partial charge in [-0.15, -0.1) is 11.3 Å². The first kappa shape index (κ1) is 20.8. The summed E-state index contributed by atoms with van der Waals surface area (Å²) in [6, 6.07) is 11.8. The van der Waals surface area contributed by atoms with Crippen LogP contribution < -0.4 is 10.6 Å². The summed E-state index contributed by atoms with van der Waals surface area (Å²) in [4.78, 5) is 13.1. The van der Waals surface area contributed by atoms with E-state index in [1.54, 1.807) is 11.3 Å². The fourth-order valence-electron chi connectivity index (χ4n) is 3.65. The zero-order valence-corrected chi connectivity index (χ0v) is 18.1. The molecule has 1 aromatic heterocycles. The minimum absolute atomic E-state index is 0.460. The molecule has 1 fully saturated rings.